The third-order valence-electron chi connectivity index (χ3n) is 6.75. The molecule has 0 aliphatic carbocycles. The summed E-state index contributed by atoms with van der Waals surface area (Å²) in [6.07, 6.45) is 1.87. The van der Waals surface area contributed by atoms with Gasteiger partial charge in [0.25, 0.3) is 20.2 Å². The predicted octanol–water partition coefficient (Wildman–Crippen LogP) is 7.46. The summed E-state index contributed by atoms with van der Waals surface area (Å²) < 4.78 is 79.8. The van der Waals surface area contributed by atoms with Crippen molar-refractivity contribution in [2.24, 2.45) is 10.8 Å². The number of hydrogen-bond acceptors (Lipinski definition) is 6. The molecule has 0 saturated carbocycles. The summed E-state index contributed by atoms with van der Waals surface area (Å²) in [6, 6.07) is 9.58. The van der Waals surface area contributed by atoms with Crippen LogP contribution in [0.5, 0.6) is 11.5 Å². The van der Waals surface area contributed by atoms with Gasteiger partial charge in [0.2, 0.25) is 0 Å². The fraction of sp³-hybridized carbons (Fsp3) is 0.613. The van der Waals surface area contributed by atoms with E-state index in [4.69, 9.17) is 9.47 Å². The Kier molecular flexibility index (Phi) is 10.5. The van der Waals surface area contributed by atoms with Crippen molar-refractivity contribution in [1.29, 1.82) is 0 Å². The normalized spacial score (nSPS) is 13.8. The lowest BCUT2D eigenvalue weighted by Gasteiger charge is -2.33. The Hall–Kier alpha value is -2.14. The van der Waals surface area contributed by atoms with E-state index >= 15 is 0 Å². The zero-order valence-electron chi connectivity index (χ0n) is 26.2. The molecule has 10 heteroatoms. The molecule has 0 unspecified atom stereocenters. The zero-order chi connectivity index (χ0) is 31.7. The van der Waals surface area contributed by atoms with E-state index in [-0.39, 0.29) is 62.6 Å². The van der Waals surface area contributed by atoms with Crippen molar-refractivity contribution in [1.82, 2.24) is 0 Å². The molecule has 0 aromatic heterocycles. The van der Waals surface area contributed by atoms with E-state index in [1.165, 1.54) is 24.3 Å². The first-order chi connectivity index (χ1) is 18.3. The Morgan fingerprint density at radius 2 is 0.902 bits per heavy atom. The molecule has 0 aliphatic heterocycles. The van der Waals surface area contributed by atoms with Crippen LogP contribution in [0.25, 0.3) is 0 Å². The minimum atomic E-state index is -4.55. The quantitative estimate of drug-likeness (QED) is 0.187. The molecule has 0 atom stereocenters. The van der Waals surface area contributed by atoms with Crippen molar-refractivity contribution in [3.63, 3.8) is 0 Å². The molecule has 232 valence electrons. The molecule has 0 saturated heterocycles. The molecule has 0 fully saturated rings. The largest absolute Gasteiger partial charge is 0.492 e. The van der Waals surface area contributed by atoms with E-state index in [1.807, 2.05) is 27.7 Å². The smallest absolute Gasteiger partial charge is 0.298 e. The number of ether oxygens (including phenoxy) is 2. The van der Waals surface area contributed by atoms with Crippen LogP contribution in [0, 0.1) is 10.8 Å². The first kappa shape index (κ1) is 35.1. The van der Waals surface area contributed by atoms with Gasteiger partial charge in [0.15, 0.2) is 0 Å². The number of rotatable bonds is 12. The van der Waals surface area contributed by atoms with Gasteiger partial charge in [-0.3, -0.25) is 9.11 Å². The second-order valence-corrected chi connectivity index (χ2v) is 17.3. The lowest BCUT2D eigenvalue weighted by Crippen LogP contribution is -2.25. The Morgan fingerprint density at radius 3 is 1.17 bits per heavy atom. The third kappa shape index (κ3) is 10.6. The highest BCUT2D eigenvalue weighted by molar-refractivity contribution is 7.86. The molecule has 0 spiro atoms. The van der Waals surface area contributed by atoms with Crippen LogP contribution < -0.4 is 9.47 Å². The zero-order valence-corrected chi connectivity index (χ0v) is 27.8. The minimum Gasteiger partial charge on any atom is -0.492 e. The predicted molar refractivity (Wildman–Crippen MR) is 162 cm³/mol. The van der Waals surface area contributed by atoms with E-state index in [9.17, 15) is 25.9 Å². The molecule has 0 bridgehead atoms. The summed E-state index contributed by atoms with van der Waals surface area (Å²) in [7, 11) is -9.09. The molecule has 0 aliphatic rings. The molecule has 2 N–H and O–H groups in total. The van der Waals surface area contributed by atoms with E-state index < -0.39 is 20.2 Å². The summed E-state index contributed by atoms with van der Waals surface area (Å²) >= 11 is 0. The van der Waals surface area contributed by atoms with Gasteiger partial charge >= 0.3 is 0 Å². The molecule has 41 heavy (non-hydrogen) atoms. The molecule has 2 rings (SSSR count). The van der Waals surface area contributed by atoms with Gasteiger partial charge in [-0.05, 0) is 69.9 Å². The summed E-state index contributed by atoms with van der Waals surface area (Å²) in [4.78, 5) is -0.611. The van der Waals surface area contributed by atoms with Gasteiger partial charge < -0.3 is 9.47 Å². The molecule has 0 heterocycles. The Labute approximate surface area is 247 Å². The molecular weight excluding hydrogens is 564 g/mol. The Balaban J connectivity index is 2.17. The van der Waals surface area contributed by atoms with Crippen LogP contribution in [0.4, 0.5) is 0 Å². The average Bonchev–Trinajstić information content (AvgIpc) is 2.74. The lowest BCUT2D eigenvalue weighted by molar-refractivity contribution is 0.239. The fourth-order valence-electron chi connectivity index (χ4n) is 5.78. The standard InChI is InChI=1S/C31H48O8S2/c1-28(2,3)20-30(7,8)22-12-14-24(26(18-22)40(32,33)34)38-16-11-17-39-25-15-13-23(19-27(25)41(35,36)37)31(9,10)21-29(4,5)6/h12-15,18-19H,11,16-17,20-21H2,1-10H3,(H,32,33,34)(H,35,36,37). The van der Waals surface area contributed by atoms with Crippen LogP contribution in [0.15, 0.2) is 46.2 Å². The van der Waals surface area contributed by atoms with Gasteiger partial charge in [-0.2, -0.15) is 16.8 Å². The van der Waals surface area contributed by atoms with E-state index in [0.29, 0.717) is 0 Å². The highest BCUT2D eigenvalue weighted by Crippen LogP contribution is 2.40. The monoisotopic (exact) mass is 612 g/mol. The summed E-state index contributed by atoms with van der Waals surface area (Å²) in [5.41, 5.74) is 0.869. The van der Waals surface area contributed by atoms with E-state index in [1.54, 1.807) is 12.1 Å². The molecule has 2 aromatic carbocycles. The fourth-order valence-corrected chi connectivity index (χ4v) is 7.09. The van der Waals surface area contributed by atoms with Gasteiger partial charge in [0, 0.05) is 6.42 Å². The maximum absolute atomic E-state index is 12.2. The summed E-state index contributed by atoms with van der Waals surface area (Å²) in [5.74, 6) is 0.0405. The first-order valence-electron chi connectivity index (χ1n) is 13.8. The van der Waals surface area contributed by atoms with Crippen molar-refractivity contribution in [3.05, 3.63) is 47.5 Å². The van der Waals surface area contributed by atoms with Crippen molar-refractivity contribution in [3.8, 4) is 11.5 Å². The maximum Gasteiger partial charge on any atom is 0.298 e. The van der Waals surface area contributed by atoms with Gasteiger partial charge in [0.1, 0.15) is 21.3 Å². The molecule has 0 amide bonds. The van der Waals surface area contributed by atoms with Crippen LogP contribution in [0.3, 0.4) is 0 Å². The highest BCUT2D eigenvalue weighted by Gasteiger charge is 2.31. The van der Waals surface area contributed by atoms with Crippen LogP contribution in [0.1, 0.15) is 99.6 Å². The van der Waals surface area contributed by atoms with Crippen LogP contribution >= 0.6 is 0 Å². The van der Waals surface area contributed by atoms with E-state index in [2.05, 4.69) is 41.5 Å². The van der Waals surface area contributed by atoms with Crippen molar-refractivity contribution in [2.75, 3.05) is 13.2 Å². The van der Waals surface area contributed by atoms with Crippen molar-refractivity contribution in [2.45, 2.75) is 109 Å². The van der Waals surface area contributed by atoms with Crippen LogP contribution in [-0.2, 0) is 31.1 Å². The van der Waals surface area contributed by atoms with Crippen LogP contribution in [-0.4, -0.2) is 39.2 Å². The second kappa shape index (κ2) is 12.2. The highest BCUT2D eigenvalue weighted by atomic mass is 32.2. The average molecular weight is 613 g/mol. The van der Waals surface area contributed by atoms with Gasteiger partial charge in [-0.1, -0.05) is 81.4 Å². The van der Waals surface area contributed by atoms with Gasteiger partial charge in [0.05, 0.1) is 13.2 Å². The lowest BCUT2D eigenvalue weighted by atomic mass is 9.72. The topological polar surface area (TPSA) is 127 Å². The van der Waals surface area contributed by atoms with Crippen molar-refractivity contribution < 1.29 is 35.4 Å². The second-order valence-electron chi connectivity index (χ2n) is 14.6. The first-order valence-corrected chi connectivity index (χ1v) is 16.7. The SMILES string of the molecule is CC(C)(C)CC(C)(C)c1ccc(OCCCOc2ccc(C(C)(C)CC(C)(C)C)cc2S(=O)(=O)O)c(S(=O)(=O)O)c1. The van der Waals surface area contributed by atoms with E-state index in [0.717, 1.165) is 24.0 Å². The minimum absolute atomic E-state index is 0.00903. The van der Waals surface area contributed by atoms with Gasteiger partial charge in [-0.15, -0.1) is 0 Å². The summed E-state index contributed by atoms with van der Waals surface area (Å²) in [5, 5.41) is 0. The molecule has 8 nitrogen and oxygen atoms in total. The molecule has 0 radical (unpaired) electrons. The number of hydrogen-bond donors (Lipinski definition) is 2. The Bertz CT molecular complexity index is 1320. The summed E-state index contributed by atoms with van der Waals surface area (Å²) in [6.45, 7) is 20.9. The Morgan fingerprint density at radius 1 is 0.585 bits per heavy atom. The maximum atomic E-state index is 12.2. The molecule has 2 aromatic rings. The van der Waals surface area contributed by atoms with Crippen molar-refractivity contribution >= 4 is 20.2 Å². The van der Waals surface area contributed by atoms with Gasteiger partial charge in [-0.25, -0.2) is 0 Å². The van der Waals surface area contributed by atoms with Crippen LogP contribution in [0.2, 0.25) is 0 Å². The third-order valence-corrected chi connectivity index (χ3v) is 8.50. The molecular formula is C31H48O8S2. The number of benzene rings is 2.